The summed E-state index contributed by atoms with van der Waals surface area (Å²) >= 11 is 0. The molecule has 3 aromatic rings. The summed E-state index contributed by atoms with van der Waals surface area (Å²) in [6.45, 7) is 5.81. The van der Waals surface area contributed by atoms with Crippen molar-refractivity contribution >= 4 is 22.4 Å². The number of carbonyl (C=O) groups is 1. The molecule has 0 fully saturated rings. The van der Waals surface area contributed by atoms with E-state index in [0.717, 1.165) is 38.9 Å². The Morgan fingerprint density at radius 3 is 2.42 bits per heavy atom. The third kappa shape index (κ3) is 3.75. The van der Waals surface area contributed by atoms with E-state index in [1.165, 1.54) is 0 Å². The minimum atomic E-state index is -0.202. The number of nitrogens with zero attached hydrogens (tertiary/aromatic N) is 1. The molecular formula is C22H22N2O2. The summed E-state index contributed by atoms with van der Waals surface area (Å²) in [5.41, 5.74) is 7.07. The van der Waals surface area contributed by atoms with Crippen LogP contribution in [0.1, 0.15) is 34.0 Å². The summed E-state index contributed by atoms with van der Waals surface area (Å²) in [7, 11) is 1.66. The van der Waals surface area contributed by atoms with Gasteiger partial charge >= 0.3 is 0 Å². The van der Waals surface area contributed by atoms with Crippen LogP contribution in [0, 0.1) is 13.8 Å². The monoisotopic (exact) mass is 346 g/mol. The first-order chi connectivity index (χ1) is 12.5. The second-order valence-corrected chi connectivity index (χ2v) is 6.38. The topological polar surface area (TPSA) is 50.7 Å². The number of hydrogen-bond acceptors (Lipinski definition) is 3. The van der Waals surface area contributed by atoms with Crippen LogP contribution in [-0.4, -0.2) is 18.7 Å². The summed E-state index contributed by atoms with van der Waals surface area (Å²) < 4.78 is 5.25. The van der Waals surface area contributed by atoms with Gasteiger partial charge < -0.3 is 4.74 Å². The minimum Gasteiger partial charge on any atom is -0.497 e. The number of hydrogen-bond donors (Lipinski definition) is 1. The van der Waals surface area contributed by atoms with Gasteiger partial charge in [-0.05, 0) is 66.9 Å². The van der Waals surface area contributed by atoms with Crippen molar-refractivity contribution in [2.45, 2.75) is 20.8 Å². The fourth-order valence-corrected chi connectivity index (χ4v) is 2.90. The van der Waals surface area contributed by atoms with Crippen molar-refractivity contribution in [2.24, 2.45) is 5.10 Å². The predicted molar refractivity (Wildman–Crippen MR) is 106 cm³/mol. The SMILES string of the molecule is COc1ccc2cc(/C(C)=N\NC(=O)c3ccc(C)cc3C)ccc2c1. The highest BCUT2D eigenvalue weighted by Crippen LogP contribution is 2.22. The maximum atomic E-state index is 12.4. The molecule has 0 unspecified atom stereocenters. The number of hydrazone groups is 1. The quantitative estimate of drug-likeness (QED) is 0.553. The number of nitrogens with one attached hydrogen (secondary N) is 1. The molecule has 3 aromatic carbocycles. The van der Waals surface area contributed by atoms with Crippen LogP contribution in [0.2, 0.25) is 0 Å². The molecule has 0 spiro atoms. The van der Waals surface area contributed by atoms with E-state index < -0.39 is 0 Å². The molecule has 0 heterocycles. The Morgan fingerprint density at radius 2 is 1.69 bits per heavy atom. The van der Waals surface area contributed by atoms with Crippen LogP contribution in [0.15, 0.2) is 59.7 Å². The van der Waals surface area contributed by atoms with Crippen LogP contribution in [0.3, 0.4) is 0 Å². The standard InChI is InChI=1S/C22H22N2O2/c1-14-5-10-21(15(2)11-14)22(25)24-23-16(3)17-6-7-19-13-20(26-4)9-8-18(19)12-17/h5-13H,1-4H3,(H,24,25)/b23-16-. The Balaban J connectivity index is 1.80. The van der Waals surface area contributed by atoms with E-state index in [9.17, 15) is 4.79 Å². The first-order valence-corrected chi connectivity index (χ1v) is 8.48. The average Bonchev–Trinajstić information content (AvgIpc) is 2.64. The lowest BCUT2D eigenvalue weighted by Gasteiger charge is -2.08. The summed E-state index contributed by atoms with van der Waals surface area (Å²) in [4.78, 5) is 12.4. The molecular weight excluding hydrogens is 324 g/mol. The van der Waals surface area contributed by atoms with Gasteiger partial charge in [0.25, 0.3) is 5.91 Å². The maximum Gasteiger partial charge on any atom is 0.271 e. The molecule has 3 rings (SSSR count). The van der Waals surface area contributed by atoms with Crippen molar-refractivity contribution in [3.63, 3.8) is 0 Å². The molecule has 26 heavy (non-hydrogen) atoms. The molecule has 4 nitrogen and oxygen atoms in total. The average molecular weight is 346 g/mol. The fourth-order valence-electron chi connectivity index (χ4n) is 2.90. The predicted octanol–water partition coefficient (Wildman–Crippen LogP) is 4.62. The van der Waals surface area contributed by atoms with Crippen molar-refractivity contribution in [1.82, 2.24) is 5.43 Å². The molecule has 0 radical (unpaired) electrons. The molecule has 0 aliphatic rings. The summed E-state index contributed by atoms with van der Waals surface area (Å²) in [6, 6.07) is 17.7. The van der Waals surface area contributed by atoms with Crippen molar-refractivity contribution in [3.05, 3.63) is 76.9 Å². The number of fused-ring (bicyclic) bond motifs is 1. The van der Waals surface area contributed by atoms with E-state index in [2.05, 4.69) is 16.6 Å². The Kier molecular flexibility index (Phi) is 5.03. The van der Waals surface area contributed by atoms with E-state index >= 15 is 0 Å². The smallest absolute Gasteiger partial charge is 0.271 e. The van der Waals surface area contributed by atoms with Gasteiger partial charge in [-0.25, -0.2) is 5.43 Å². The van der Waals surface area contributed by atoms with Crippen LogP contribution >= 0.6 is 0 Å². The van der Waals surface area contributed by atoms with Crippen molar-refractivity contribution in [2.75, 3.05) is 7.11 Å². The minimum absolute atomic E-state index is 0.202. The largest absolute Gasteiger partial charge is 0.497 e. The lowest BCUT2D eigenvalue weighted by atomic mass is 10.0. The number of benzene rings is 3. The van der Waals surface area contributed by atoms with E-state index in [-0.39, 0.29) is 5.91 Å². The number of carbonyl (C=O) groups excluding carboxylic acids is 1. The third-order valence-electron chi connectivity index (χ3n) is 4.42. The van der Waals surface area contributed by atoms with Crippen molar-refractivity contribution in [3.8, 4) is 5.75 Å². The Hall–Kier alpha value is -3.14. The van der Waals surface area contributed by atoms with Gasteiger partial charge in [-0.1, -0.05) is 35.9 Å². The number of amides is 1. The van der Waals surface area contributed by atoms with Gasteiger partial charge in [0, 0.05) is 5.56 Å². The molecule has 0 aromatic heterocycles. The second-order valence-electron chi connectivity index (χ2n) is 6.38. The van der Waals surface area contributed by atoms with Crippen molar-refractivity contribution in [1.29, 1.82) is 0 Å². The van der Waals surface area contributed by atoms with E-state index in [4.69, 9.17) is 4.74 Å². The van der Waals surface area contributed by atoms with Gasteiger partial charge in [0.2, 0.25) is 0 Å². The highest BCUT2D eigenvalue weighted by molar-refractivity contribution is 6.03. The summed E-state index contributed by atoms with van der Waals surface area (Å²) in [6.07, 6.45) is 0. The molecule has 0 aliphatic heterocycles. The second kappa shape index (κ2) is 7.40. The number of ether oxygens (including phenoxy) is 1. The Bertz CT molecular complexity index is 1010. The highest BCUT2D eigenvalue weighted by Gasteiger charge is 2.08. The van der Waals surface area contributed by atoms with E-state index in [0.29, 0.717) is 5.56 Å². The molecule has 132 valence electrons. The van der Waals surface area contributed by atoms with Crippen LogP contribution in [-0.2, 0) is 0 Å². The van der Waals surface area contributed by atoms with Gasteiger partial charge in [0.1, 0.15) is 5.75 Å². The zero-order valence-electron chi connectivity index (χ0n) is 15.5. The number of rotatable bonds is 4. The number of aryl methyl sites for hydroxylation is 2. The Morgan fingerprint density at radius 1 is 0.962 bits per heavy atom. The molecule has 0 saturated heterocycles. The first-order valence-electron chi connectivity index (χ1n) is 8.48. The Labute approximate surface area is 153 Å². The highest BCUT2D eigenvalue weighted by atomic mass is 16.5. The van der Waals surface area contributed by atoms with Gasteiger partial charge in [0.05, 0.1) is 12.8 Å². The van der Waals surface area contributed by atoms with E-state index in [1.54, 1.807) is 7.11 Å². The molecule has 0 bridgehead atoms. The zero-order chi connectivity index (χ0) is 18.7. The summed E-state index contributed by atoms with van der Waals surface area (Å²) in [5, 5.41) is 6.46. The zero-order valence-corrected chi connectivity index (χ0v) is 15.5. The van der Waals surface area contributed by atoms with Crippen LogP contribution in [0.25, 0.3) is 10.8 Å². The molecule has 0 aliphatic carbocycles. The maximum absolute atomic E-state index is 12.4. The molecule has 1 amide bonds. The third-order valence-corrected chi connectivity index (χ3v) is 4.42. The van der Waals surface area contributed by atoms with Gasteiger partial charge in [-0.15, -0.1) is 0 Å². The van der Waals surface area contributed by atoms with Gasteiger partial charge in [0.15, 0.2) is 0 Å². The van der Waals surface area contributed by atoms with Crippen LogP contribution in [0.4, 0.5) is 0 Å². The lowest BCUT2D eigenvalue weighted by Crippen LogP contribution is -2.20. The van der Waals surface area contributed by atoms with Crippen molar-refractivity contribution < 1.29 is 9.53 Å². The van der Waals surface area contributed by atoms with Crippen LogP contribution < -0.4 is 10.2 Å². The molecule has 1 N–H and O–H groups in total. The normalized spacial score (nSPS) is 11.5. The van der Waals surface area contributed by atoms with E-state index in [1.807, 2.05) is 69.3 Å². The first kappa shape index (κ1) is 17.7. The fraction of sp³-hybridized carbons (Fsp3) is 0.182. The lowest BCUT2D eigenvalue weighted by molar-refractivity contribution is 0.0954. The van der Waals surface area contributed by atoms with Gasteiger partial charge in [-0.3, -0.25) is 4.79 Å². The molecule has 0 saturated carbocycles. The molecule has 0 atom stereocenters. The van der Waals surface area contributed by atoms with Crippen LogP contribution in [0.5, 0.6) is 5.75 Å². The summed E-state index contributed by atoms with van der Waals surface area (Å²) in [5.74, 6) is 0.628. The van der Waals surface area contributed by atoms with Gasteiger partial charge in [-0.2, -0.15) is 5.10 Å². The molecule has 4 heteroatoms. The number of methoxy groups -OCH3 is 1.